The van der Waals surface area contributed by atoms with Crippen molar-refractivity contribution in [2.75, 3.05) is 0 Å². The van der Waals surface area contributed by atoms with Crippen molar-refractivity contribution in [3.63, 3.8) is 0 Å². The smallest absolute Gasteiger partial charge is 0.0544 e. The van der Waals surface area contributed by atoms with Gasteiger partial charge in [-0.25, -0.2) is 0 Å². The maximum Gasteiger partial charge on any atom is 0.0544 e. The van der Waals surface area contributed by atoms with Crippen molar-refractivity contribution in [1.29, 1.82) is 0 Å². The second-order valence-electron chi connectivity index (χ2n) is 14.9. The Morgan fingerprint density at radius 1 is 0.423 bits per heavy atom. The molecule has 0 spiro atoms. The van der Waals surface area contributed by atoms with Crippen LogP contribution in [0, 0.1) is 0 Å². The Labute approximate surface area is 306 Å². The Balaban J connectivity index is 1.28. The summed E-state index contributed by atoms with van der Waals surface area (Å²) in [6.07, 6.45) is 7.52. The molecule has 0 aliphatic rings. The molecule has 4 aromatic carbocycles. The second kappa shape index (κ2) is 14.6. The fraction of sp³-hybridized carbons (Fsp3) is 0.217. The van der Waals surface area contributed by atoms with Gasteiger partial charge in [0, 0.05) is 64.1 Å². The number of hydrogen-bond donors (Lipinski definition) is 0. The average Bonchev–Trinajstić information content (AvgIpc) is 3.15. The van der Waals surface area contributed by atoms with E-state index in [2.05, 4.69) is 122 Å². The van der Waals surface area contributed by atoms with E-state index in [1.165, 1.54) is 49.0 Å². The van der Waals surface area contributed by atoms with Crippen LogP contribution in [0.2, 0.25) is 0 Å². The Bertz CT molecular complexity index is 2150. The molecular weight excluding hydrogens is 637 g/mol. The summed E-state index contributed by atoms with van der Waals surface area (Å²) in [5.41, 5.74) is 8.19. The van der Waals surface area contributed by atoms with Crippen molar-refractivity contribution >= 4 is 32.3 Å². The maximum atomic E-state index is 4.71. The molecule has 52 heavy (non-hydrogen) atoms. The highest BCUT2D eigenvalue weighted by atomic mass is 15.1. The van der Waals surface area contributed by atoms with E-state index in [-0.39, 0.29) is 5.41 Å². The summed E-state index contributed by atoms with van der Waals surface area (Å²) in [5.74, 6) is 0. The van der Waals surface area contributed by atoms with E-state index < -0.39 is 0 Å². The molecule has 0 fully saturated rings. The van der Waals surface area contributed by atoms with E-state index in [0.29, 0.717) is 0 Å². The largest absolute Gasteiger partial charge is 0.287 e. The van der Waals surface area contributed by atoms with Crippen LogP contribution in [-0.2, 0) is 44.7 Å². The number of hydrogen-bond acceptors (Lipinski definition) is 6. The average molecular weight is 681 g/mol. The highest BCUT2D eigenvalue weighted by Crippen LogP contribution is 2.41. The lowest BCUT2D eigenvalue weighted by Gasteiger charge is -2.27. The molecule has 8 rings (SSSR count). The Morgan fingerprint density at radius 3 is 1.13 bits per heavy atom. The molecule has 8 aromatic rings. The fourth-order valence-electron chi connectivity index (χ4n) is 7.46. The first-order valence-corrected chi connectivity index (χ1v) is 18.2. The van der Waals surface area contributed by atoms with Gasteiger partial charge in [0.2, 0.25) is 0 Å². The third kappa shape index (κ3) is 7.40. The molecule has 0 radical (unpaired) electrons. The minimum Gasteiger partial charge on any atom is -0.287 e. The number of pyridine rings is 4. The maximum absolute atomic E-state index is 4.71. The van der Waals surface area contributed by atoms with Crippen LogP contribution in [0.1, 0.15) is 60.2 Å². The predicted molar refractivity (Wildman–Crippen MR) is 212 cm³/mol. The van der Waals surface area contributed by atoms with E-state index in [0.717, 1.165) is 62.0 Å². The van der Waals surface area contributed by atoms with Crippen LogP contribution in [0.15, 0.2) is 140 Å². The zero-order valence-corrected chi connectivity index (χ0v) is 30.2. The monoisotopic (exact) mass is 680 g/mol. The molecule has 0 saturated heterocycles. The van der Waals surface area contributed by atoms with Crippen LogP contribution in [-0.4, -0.2) is 29.7 Å². The van der Waals surface area contributed by atoms with Gasteiger partial charge >= 0.3 is 0 Å². The molecule has 0 saturated carbocycles. The third-order valence-electron chi connectivity index (χ3n) is 9.99. The molecule has 4 heterocycles. The molecule has 0 aliphatic heterocycles. The van der Waals surface area contributed by atoms with Gasteiger partial charge in [-0.15, -0.1) is 0 Å². The Kier molecular flexibility index (Phi) is 9.42. The van der Waals surface area contributed by atoms with Crippen molar-refractivity contribution in [3.8, 4) is 0 Å². The lowest BCUT2D eigenvalue weighted by atomic mass is 9.82. The van der Waals surface area contributed by atoms with Crippen molar-refractivity contribution in [2.45, 2.75) is 65.5 Å². The van der Waals surface area contributed by atoms with Gasteiger partial charge < -0.3 is 0 Å². The molecule has 6 nitrogen and oxygen atoms in total. The van der Waals surface area contributed by atoms with Gasteiger partial charge in [-0.2, -0.15) is 0 Å². The first-order valence-electron chi connectivity index (χ1n) is 18.2. The van der Waals surface area contributed by atoms with Gasteiger partial charge in [0.1, 0.15) is 0 Å². The predicted octanol–water partition coefficient (Wildman–Crippen LogP) is 9.87. The van der Waals surface area contributed by atoms with Crippen molar-refractivity contribution in [3.05, 3.63) is 180 Å². The van der Waals surface area contributed by atoms with Gasteiger partial charge in [-0.1, -0.05) is 87.5 Å². The molecule has 6 heteroatoms. The van der Waals surface area contributed by atoms with E-state index in [4.69, 9.17) is 19.9 Å². The minimum absolute atomic E-state index is 0.0513. The van der Waals surface area contributed by atoms with Crippen molar-refractivity contribution in [2.24, 2.45) is 0 Å². The topological polar surface area (TPSA) is 58.0 Å². The van der Waals surface area contributed by atoms with Crippen molar-refractivity contribution in [1.82, 2.24) is 29.7 Å². The number of aromatic nitrogens is 4. The molecule has 0 N–H and O–H groups in total. The summed E-state index contributed by atoms with van der Waals surface area (Å²) in [6.45, 7) is 11.3. The van der Waals surface area contributed by atoms with Crippen LogP contribution >= 0.6 is 0 Å². The van der Waals surface area contributed by atoms with E-state index in [1.54, 1.807) is 0 Å². The molecule has 258 valence electrons. The summed E-state index contributed by atoms with van der Waals surface area (Å²) < 4.78 is 0. The normalized spacial score (nSPS) is 12.2. The summed E-state index contributed by atoms with van der Waals surface area (Å²) in [5, 5.41) is 7.87. The van der Waals surface area contributed by atoms with Gasteiger partial charge in [-0.05, 0) is 103 Å². The van der Waals surface area contributed by atoms with Crippen LogP contribution in [0.25, 0.3) is 32.3 Å². The third-order valence-corrected chi connectivity index (χ3v) is 9.99. The standard InChI is InChI=1S/C46H44N6/c1-46(2,3)37-25-33-16-18-42-35(27-51(29-38-12-4-8-20-47-38)30-39-13-5-9-21-48-39)24-36(43-19-17-34(26-37)44(33)45(42)43)28-52(31-40-14-6-10-22-49-40)32-41-15-7-11-23-50-41/h4-26H,27-32H2,1-3H3. The number of nitrogens with zero attached hydrogens (tertiary/aromatic N) is 6. The summed E-state index contributed by atoms with van der Waals surface area (Å²) in [7, 11) is 0. The molecule has 0 amide bonds. The lowest BCUT2D eigenvalue weighted by Crippen LogP contribution is -2.25. The molecule has 4 aromatic heterocycles. The Hall–Kier alpha value is -5.56. The van der Waals surface area contributed by atoms with Crippen LogP contribution in [0.4, 0.5) is 0 Å². The van der Waals surface area contributed by atoms with Gasteiger partial charge in [0.15, 0.2) is 0 Å². The highest BCUT2D eigenvalue weighted by Gasteiger charge is 2.22. The van der Waals surface area contributed by atoms with Crippen LogP contribution in [0.3, 0.4) is 0 Å². The van der Waals surface area contributed by atoms with Gasteiger partial charge in [-0.3, -0.25) is 29.7 Å². The van der Waals surface area contributed by atoms with E-state index >= 15 is 0 Å². The van der Waals surface area contributed by atoms with E-state index in [9.17, 15) is 0 Å². The van der Waals surface area contributed by atoms with Crippen LogP contribution < -0.4 is 0 Å². The first kappa shape index (κ1) is 33.6. The van der Waals surface area contributed by atoms with Gasteiger partial charge in [0.25, 0.3) is 0 Å². The second-order valence-corrected chi connectivity index (χ2v) is 14.9. The summed E-state index contributed by atoms with van der Waals surface area (Å²) in [6, 6.07) is 41.3. The number of benzene rings is 4. The van der Waals surface area contributed by atoms with Crippen LogP contribution in [0.5, 0.6) is 0 Å². The molecule has 0 atom stereocenters. The molecule has 0 bridgehead atoms. The summed E-state index contributed by atoms with van der Waals surface area (Å²) in [4.78, 5) is 23.8. The zero-order valence-electron chi connectivity index (χ0n) is 30.2. The quantitative estimate of drug-likeness (QED) is 0.120. The molecule has 0 aliphatic carbocycles. The van der Waals surface area contributed by atoms with Crippen molar-refractivity contribution < 1.29 is 0 Å². The Morgan fingerprint density at radius 2 is 0.808 bits per heavy atom. The molecular formula is C46H44N6. The minimum atomic E-state index is 0.0513. The lowest BCUT2D eigenvalue weighted by molar-refractivity contribution is 0.239. The molecule has 0 unspecified atom stereocenters. The zero-order chi connectivity index (χ0) is 35.5. The fourth-order valence-corrected chi connectivity index (χ4v) is 7.46. The number of rotatable bonds is 12. The first-order chi connectivity index (χ1) is 25.4. The van der Waals surface area contributed by atoms with E-state index in [1.807, 2.05) is 49.1 Å². The highest BCUT2D eigenvalue weighted by molar-refractivity contribution is 6.24. The SMILES string of the molecule is CC(C)(C)c1cc2ccc3c(CN(Cc4ccccn4)Cc4ccccn4)cc(CN(Cc4ccccn4)Cc4ccccn4)c4ccc(c1)c2c34. The summed E-state index contributed by atoms with van der Waals surface area (Å²) >= 11 is 0. The van der Waals surface area contributed by atoms with Gasteiger partial charge in [0.05, 0.1) is 22.8 Å².